The minimum absolute atomic E-state index is 0.0960. The van der Waals surface area contributed by atoms with Gasteiger partial charge in [-0.15, -0.1) is 0 Å². The van der Waals surface area contributed by atoms with Gasteiger partial charge in [0.25, 0.3) is 0 Å². The number of rotatable bonds is 5. The second kappa shape index (κ2) is 7.43. The second-order valence-corrected chi connectivity index (χ2v) is 10.3. The number of amides is 1. The predicted octanol–water partition coefficient (Wildman–Crippen LogP) is 2.86. The molecule has 0 radical (unpaired) electrons. The van der Waals surface area contributed by atoms with E-state index in [1.807, 2.05) is 20.8 Å². The lowest BCUT2D eigenvalue weighted by atomic mass is 9.91. The normalized spacial score (nSPS) is 21.0. The van der Waals surface area contributed by atoms with E-state index in [-0.39, 0.29) is 41.8 Å². The molecule has 0 saturated heterocycles. The van der Waals surface area contributed by atoms with E-state index in [2.05, 4.69) is 5.32 Å². The number of likely N-dealkylation sites (N-methyl/N-ethyl adjacent to an activating group) is 1. The minimum Gasteiger partial charge on any atom is -0.350 e. The van der Waals surface area contributed by atoms with Crippen molar-refractivity contribution in [3.05, 3.63) is 29.8 Å². The molecule has 0 unspecified atom stereocenters. The van der Waals surface area contributed by atoms with Gasteiger partial charge in [-0.05, 0) is 58.9 Å². The summed E-state index contributed by atoms with van der Waals surface area (Å²) in [4.78, 5) is 13.4. The number of sulfone groups is 1. The van der Waals surface area contributed by atoms with Gasteiger partial charge in [-0.2, -0.15) is 13.2 Å². The maximum absolute atomic E-state index is 12.8. The number of hydrogen-bond acceptors (Lipinski definition) is 4. The number of carbonyl (C=O) groups excluding carboxylic acids is 1. The van der Waals surface area contributed by atoms with E-state index in [1.165, 1.54) is 6.07 Å². The molecule has 0 heterocycles. The van der Waals surface area contributed by atoms with E-state index in [0.717, 1.165) is 12.1 Å². The van der Waals surface area contributed by atoms with Crippen molar-refractivity contribution in [1.29, 1.82) is 0 Å². The monoisotopic (exact) mass is 406 g/mol. The number of hydrogen-bond donors (Lipinski definition) is 1. The highest BCUT2D eigenvalue weighted by molar-refractivity contribution is 7.92. The van der Waals surface area contributed by atoms with Crippen molar-refractivity contribution in [3.63, 3.8) is 0 Å². The molecule has 1 aliphatic carbocycles. The standard InChI is InChI=1S/C18H25F3N2O3S/c1-17(2,3)22-16(24)11-23(4)13-9-15(10-13)27(25,26)14-7-5-6-12(8-14)18(19,20)21/h5-8,13,15H,9-11H2,1-4H3,(H,22,24). The third-order valence-corrected chi connectivity index (χ3v) is 6.70. The lowest BCUT2D eigenvalue weighted by molar-refractivity contribution is -0.137. The first kappa shape index (κ1) is 21.7. The van der Waals surface area contributed by atoms with E-state index in [4.69, 9.17) is 0 Å². The van der Waals surface area contributed by atoms with Crippen LogP contribution in [0.4, 0.5) is 13.2 Å². The van der Waals surface area contributed by atoms with E-state index >= 15 is 0 Å². The summed E-state index contributed by atoms with van der Waals surface area (Å²) in [6.07, 6.45) is -4.01. The van der Waals surface area contributed by atoms with Gasteiger partial charge in [0, 0.05) is 11.6 Å². The molecule has 2 rings (SSSR count). The number of nitrogens with one attached hydrogen (secondary N) is 1. The summed E-state index contributed by atoms with van der Waals surface area (Å²) < 4.78 is 63.7. The Hall–Kier alpha value is -1.61. The molecule has 5 nitrogen and oxygen atoms in total. The summed E-state index contributed by atoms with van der Waals surface area (Å²) in [7, 11) is -2.10. The molecule has 9 heteroatoms. The van der Waals surface area contributed by atoms with Crippen molar-refractivity contribution in [3.8, 4) is 0 Å². The fourth-order valence-electron chi connectivity index (χ4n) is 3.01. The molecule has 152 valence electrons. The first-order valence-electron chi connectivity index (χ1n) is 8.62. The van der Waals surface area contributed by atoms with Crippen molar-refractivity contribution in [2.24, 2.45) is 0 Å². The molecular weight excluding hydrogens is 381 g/mol. The van der Waals surface area contributed by atoms with Crippen molar-refractivity contribution < 1.29 is 26.4 Å². The molecule has 0 atom stereocenters. The van der Waals surface area contributed by atoms with Crippen LogP contribution in [-0.2, 0) is 20.8 Å². The summed E-state index contributed by atoms with van der Waals surface area (Å²) in [6, 6.07) is 3.74. The lowest BCUT2D eigenvalue weighted by Gasteiger charge is -2.40. The van der Waals surface area contributed by atoms with Gasteiger partial charge in [0.15, 0.2) is 9.84 Å². The van der Waals surface area contributed by atoms with Crippen LogP contribution in [0.15, 0.2) is 29.2 Å². The summed E-state index contributed by atoms with van der Waals surface area (Å²) in [5.41, 5.74) is -1.33. The van der Waals surface area contributed by atoms with Gasteiger partial charge >= 0.3 is 6.18 Å². The molecule has 1 aromatic rings. The van der Waals surface area contributed by atoms with Gasteiger partial charge < -0.3 is 5.32 Å². The Morgan fingerprint density at radius 1 is 1.22 bits per heavy atom. The smallest absolute Gasteiger partial charge is 0.350 e. The number of alkyl halides is 3. The summed E-state index contributed by atoms with van der Waals surface area (Å²) >= 11 is 0. The first-order chi connectivity index (χ1) is 12.2. The van der Waals surface area contributed by atoms with Crippen molar-refractivity contribution in [2.45, 2.75) is 61.5 Å². The molecule has 1 N–H and O–H groups in total. The topological polar surface area (TPSA) is 66.5 Å². The Morgan fingerprint density at radius 3 is 2.33 bits per heavy atom. The van der Waals surface area contributed by atoms with Crippen LogP contribution in [0.25, 0.3) is 0 Å². The van der Waals surface area contributed by atoms with E-state index in [0.29, 0.717) is 6.07 Å². The van der Waals surface area contributed by atoms with Crippen molar-refractivity contribution in [1.82, 2.24) is 10.2 Å². The van der Waals surface area contributed by atoms with Crippen molar-refractivity contribution >= 4 is 15.7 Å². The van der Waals surface area contributed by atoms with Crippen molar-refractivity contribution in [2.75, 3.05) is 13.6 Å². The van der Waals surface area contributed by atoms with E-state index in [9.17, 15) is 26.4 Å². The first-order valence-corrected chi connectivity index (χ1v) is 10.2. The largest absolute Gasteiger partial charge is 0.416 e. The minimum atomic E-state index is -4.59. The van der Waals surface area contributed by atoms with Crippen LogP contribution in [0.3, 0.4) is 0 Å². The number of carbonyl (C=O) groups is 1. The SMILES string of the molecule is CN(CC(=O)NC(C)(C)C)C1CC(S(=O)(=O)c2cccc(C(F)(F)F)c2)C1. The van der Waals surface area contributed by atoms with Crippen LogP contribution in [0.2, 0.25) is 0 Å². The van der Waals surface area contributed by atoms with Gasteiger partial charge in [-0.1, -0.05) is 6.07 Å². The zero-order valence-electron chi connectivity index (χ0n) is 15.8. The molecule has 0 bridgehead atoms. The fourth-order valence-corrected chi connectivity index (χ4v) is 4.90. The quantitative estimate of drug-likeness (QED) is 0.817. The Bertz CT molecular complexity index is 795. The highest BCUT2D eigenvalue weighted by atomic mass is 32.2. The van der Waals surface area contributed by atoms with E-state index < -0.39 is 26.8 Å². The van der Waals surface area contributed by atoms with Crippen LogP contribution in [0, 0.1) is 0 Å². The van der Waals surface area contributed by atoms with Gasteiger partial charge in [0.1, 0.15) is 0 Å². The van der Waals surface area contributed by atoms with Gasteiger partial charge in [-0.25, -0.2) is 8.42 Å². The number of halogens is 3. The van der Waals surface area contributed by atoms with Crippen LogP contribution in [-0.4, -0.2) is 49.6 Å². The van der Waals surface area contributed by atoms with Crippen LogP contribution in [0.1, 0.15) is 39.2 Å². The third kappa shape index (κ3) is 5.44. The van der Waals surface area contributed by atoms with Crippen LogP contribution < -0.4 is 5.32 Å². The molecule has 27 heavy (non-hydrogen) atoms. The second-order valence-electron chi connectivity index (χ2n) is 8.03. The zero-order chi connectivity index (χ0) is 20.6. The molecule has 1 aromatic carbocycles. The maximum atomic E-state index is 12.8. The highest BCUT2D eigenvalue weighted by Gasteiger charge is 2.42. The molecule has 1 aliphatic rings. The van der Waals surface area contributed by atoms with Gasteiger partial charge in [-0.3, -0.25) is 9.69 Å². The zero-order valence-corrected chi connectivity index (χ0v) is 16.6. The molecule has 1 saturated carbocycles. The molecule has 1 amide bonds. The fraction of sp³-hybridized carbons (Fsp3) is 0.611. The van der Waals surface area contributed by atoms with Gasteiger partial charge in [0.2, 0.25) is 5.91 Å². The van der Waals surface area contributed by atoms with Crippen LogP contribution >= 0.6 is 0 Å². The number of benzene rings is 1. The van der Waals surface area contributed by atoms with Gasteiger partial charge in [0.05, 0.1) is 22.3 Å². The molecule has 1 fully saturated rings. The molecule has 0 spiro atoms. The Kier molecular flexibility index (Phi) is 5.96. The summed E-state index contributed by atoms with van der Waals surface area (Å²) in [5.74, 6) is -0.158. The highest BCUT2D eigenvalue weighted by Crippen LogP contribution is 2.36. The Morgan fingerprint density at radius 2 is 1.81 bits per heavy atom. The third-order valence-electron chi connectivity index (χ3n) is 4.53. The summed E-state index contributed by atoms with van der Waals surface area (Å²) in [5, 5.41) is 2.10. The Labute approximate surface area is 157 Å². The average molecular weight is 406 g/mol. The van der Waals surface area contributed by atoms with Crippen LogP contribution in [0.5, 0.6) is 0 Å². The summed E-state index contributed by atoms with van der Waals surface area (Å²) in [6.45, 7) is 5.74. The lowest BCUT2D eigenvalue weighted by Crippen LogP contribution is -2.52. The average Bonchev–Trinajstić information content (AvgIpc) is 2.42. The van der Waals surface area contributed by atoms with E-state index in [1.54, 1.807) is 11.9 Å². The molecular formula is C18H25F3N2O3S. The number of nitrogens with zero attached hydrogens (tertiary/aromatic N) is 1. The Balaban J connectivity index is 1.99. The molecule has 0 aliphatic heterocycles. The maximum Gasteiger partial charge on any atom is 0.416 e. The predicted molar refractivity (Wildman–Crippen MR) is 96.0 cm³/mol. The molecule has 0 aromatic heterocycles.